The van der Waals surface area contributed by atoms with Crippen molar-refractivity contribution >= 4 is 17.9 Å². The van der Waals surface area contributed by atoms with Crippen LogP contribution in [0.3, 0.4) is 0 Å². The van der Waals surface area contributed by atoms with Gasteiger partial charge >= 0.3 is 17.9 Å². The maximum atomic E-state index is 10.1. The van der Waals surface area contributed by atoms with Crippen molar-refractivity contribution < 1.29 is 46.5 Å². The molecule has 0 aliphatic carbocycles. The normalized spacial score (nSPS) is 8.57. The number of pyridine rings is 3. The minimum atomic E-state index is -0.990. The summed E-state index contributed by atoms with van der Waals surface area (Å²) in [5.41, 5.74) is 0.243. The van der Waals surface area contributed by atoms with E-state index in [-0.39, 0.29) is 33.9 Å². The molecule has 3 aromatic heterocycles. The molecule has 0 spiro atoms. The standard InChI is InChI=1S/3C6H5NO2.Co/c3*8-6(9)5-3-1-2-4-7-5;/h3*1-4H,(H,8,9);. The van der Waals surface area contributed by atoms with Crippen molar-refractivity contribution in [3.8, 4) is 0 Å². The summed E-state index contributed by atoms with van der Waals surface area (Å²) in [5, 5.41) is 25.0. The summed E-state index contributed by atoms with van der Waals surface area (Å²) in [7, 11) is 0. The van der Waals surface area contributed by atoms with Gasteiger partial charge in [0, 0.05) is 35.4 Å². The average molecular weight is 428 g/mol. The zero-order valence-electron chi connectivity index (χ0n) is 14.2. The third-order valence-electron chi connectivity index (χ3n) is 2.65. The number of hydrogen-bond donors (Lipinski definition) is 3. The molecular formula is C18H15CoN3O6. The molecule has 3 N–H and O–H groups in total. The summed E-state index contributed by atoms with van der Waals surface area (Å²) in [6, 6.07) is 14.3. The van der Waals surface area contributed by atoms with Crippen LogP contribution in [0.25, 0.3) is 0 Å². The number of carboxylic acids is 3. The van der Waals surface area contributed by atoms with Crippen LogP contribution < -0.4 is 0 Å². The third-order valence-corrected chi connectivity index (χ3v) is 2.65. The van der Waals surface area contributed by atoms with Crippen molar-refractivity contribution in [2.45, 2.75) is 0 Å². The predicted octanol–water partition coefficient (Wildman–Crippen LogP) is 2.34. The van der Waals surface area contributed by atoms with Gasteiger partial charge in [0.05, 0.1) is 0 Å². The summed E-state index contributed by atoms with van der Waals surface area (Å²) in [6.07, 6.45) is 4.34. The van der Waals surface area contributed by atoms with E-state index in [9.17, 15) is 14.4 Å². The van der Waals surface area contributed by atoms with Gasteiger partial charge in [0.25, 0.3) is 0 Å². The van der Waals surface area contributed by atoms with Crippen LogP contribution in [-0.4, -0.2) is 48.2 Å². The summed E-state index contributed by atoms with van der Waals surface area (Å²) in [5.74, 6) is -2.97. The second-order valence-corrected chi connectivity index (χ2v) is 4.56. The van der Waals surface area contributed by atoms with E-state index in [4.69, 9.17) is 15.3 Å². The Labute approximate surface area is 169 Å². The van der Waals surface area contributed by atoms with E-state index in [2.05, 4.69) is 15.0 Å². The van der Waals surface area contributed by atoms with Crippen molar-refractivity contribution in [2.75, 3.05) is 0 Å². The van der Waals surface area contributed by atoms with E-state index in [1.165, 1.54) is 36.8 Å². The van der Waals surface area contributed by atoms with Gasteiger partial charge in [-0.2, -0.15) is 0 Å². The Morgan fingerprint density at radius 2 is 0.786 bits per heavy atom. The van der Waals surface area contributed by atoms with Gasteiger partial charge in [0.1, 0.15) is 17.1 Å². The van der Waals surface area contributed by atoms with Crippen LogP contribution in [0.5, 0.6) is 0 Å². The van der Waals surface area contributed by atoms with Gasteiger partial charge in [-0.3, -0.25) is 0 Å². The maximum Gasteiger partial charge on any atom is 0.354 e. The first-order chi connectivity index (χ1) is 12.9. The quantitative estimate of drug-likeness (QED) is 0.571. The molecule has 28 heavy (non-hydrogen) atoms. The number of carbonyl (C=O) groups is 3. The van der Waals surface area contributed by atoms with Gasteiger partial charge in [-0.25, -0.2) is 29.3 Å². The van der Waals surface area contributed by atoms with Crippen LogP contribution >= 0.6 is 0 Å². The van der Waals surface area contributed by atoms with E-state index in [1.807, 2.05) is 0 Å². The number of rotatable bonds is 3. The SMILES string of the molecule is O=C(O)c1ccccn1.O=C(O)c1ccccn1.O=C(O)c1ccccn1.[Co]. The zero-order chi connectivity index (χ0) is 20.1. The predicted molar refractivity (Wildman–Crippen MR) is 93.6 cm³/mol. The fourth-order valence-electron chi connectivity index (χ4n) is 1.47. The summed E-state index contributed by atoms with van der Waals surface area (Å²) >= 11 is 0. The molecule has 0 bridgehead atoms. The number of aromatic carboxylic acids is 3. The molecule has 3 aromatic rings. The first kappa shape index (κ1) is 24.4. The van der Waals surface area contributed by atoms with Gasteiger partial charge in [-0.1, -0.05) is 18.2 Å². The molecule has 3 rings (SSSR count). The molecular weight excluding hydrogens is 413 g/mol. The van der Waals surface area contributed by atoms with Crippen molar-refractivity contribution in [3.05, 3.63) is 90.3 Å². The zero-order valence-corrected chi connectivity index (χ0v) is 15.2. The molecule has 0 unspecified atom stereocenters. The van der Waals surface area contributed by atoms with Gasteiger partial charge in [-0.05, 0) is 36.4 Å². The fourth-order valence-corrected chi connectivity index (χ4v) is 1.47. The van der Waals surface area contributed by atoms with Crippen LogP contribution in [0.15, 0.2) is 73.2 Å². The second-order valence-electron chi connectivity index (χ2n) is 4.56. The number of hydrogen-bond acceptors (Lipinski definition) is 6. The summed E-state index contributed by atoms with van der Waals surface area (Å²) in [4.78, 5) is 41.2. The Kier molecular flexibility index (Phi) is 11.8. The maximum absolute atomic E-state index is 10.1. The Hall–Kier alpha value is -3.63. The van der Waals surface area contributed by atoms with E-state index in [1.54, 1.807) is 36.4 Å². The molecule has 147 valence electrons. The molecule has 0 fully saturated rings. The minimum Gasteiger partial charge on any atom is -0.477 e. The van der Waals surface area contributed by atoms with Crippen molar-refractivity contribution in [1.29, 1.82) is 0 Å². The first-order valence-corrected chi connectivity index (χ1v) is 7.34. The molecule has 0 amide bonds. The van der Waals surface area contributed by atoms with Gasteiger partial charge in [-0.15, -0.1) is 0 Å². The molecule has 0 saturated carbocycles. The van der Waals surface area contributed by atoms with Crippen LogP contribution in [0.2, 0.25) is 0 Å². The first-order valence-electron chi connectivity index (χ1n) is 7.34. The topological polar surface area (TPSA) is 151 Å². The summed E-state index contributed by atoms with van der Waals surface area (Å²) < 4.78 is 0. The van der Waals surface area contributed by atoms with E-state index < -0.39 is 17.9 Å². The molecule has 0 aliphatic heterocycles. The van der Waals surface area contributed by atoms with Crippen molar-refractivity contribution in [3.63, 3.8) is 0 Å². The average Bonchev–Trinajstić information content (AvgIpc) is 2.71. The van der Waals surface area contributed by atoms with E-state index in [0.29, 0.717) is 0 Å². The van der Waals surface area contributed by atoms with Crippen molar-refractivity contribution in [1.82, 2.24) is 15.0 Å². The minimum absolute atomic E-state index is 0. The van der Waals surface area contributed by atoms with Crippen LogP contribution in [0, 0.1) is 0 Å². The molecule has 0 aliphatic rings. The van der Waals surface area contributed by atoms with E-state index in [0.717, 1.165) is 0 Å². The third kappa shape index (κ3) is 9.75. The molecule has 0 atom stereocenters. The van der Waals surface area contributed by atoms with Gasteiger partial charge < -0.3 is 15.3 Å². The second kappa shape index (κ2) is 13.6. The molecule has 3 heterocycles. The van der Waals surface area contributed by atoms with Crippen LogP contribution in [-0.2, 0) is 16.8 Å². The number of aromatic nitrogens is 3. The Bertz CT molecular complexity index is 747. The molecule has 1 radical (unpaired) electrons. The fraction of sp³-hybridized carbons (Fsp3) is 0. The van der Waals surface area contributed by atoms with E-state index >= 15 is 0 Å². The molecule has 0 saturated heterocycles. The van der Waals surface area contributed by atoms with Crippen molar-refractivity contribution in [2.24, 2.45) is 0 Å². The van der Waals surface area contributed by atoms with Gasteiger partial charge in [0.2, 0.25) is 0 Å². The Morgan fingerprint density at radius 3 is 0.893 bits per heavy atom. The van der Waals surface area contributed by atoms with Crippen LogP contribution in [0.4, 0.5) is 0 Å². The van der Waals surface area contributed by atoms with Gasteiger partial charge in [0.15, 0.2) is 0 Å². The molecule has 0 aromatic carbocycles. The Morgan fingerprint density at radius 1 is 0.536 bits per heavy atom. The Balaban J connectivity index is 0.000000384. The number of nitrogens with zero attached hydrogens (tertiary/aromatic N) is 3. The molecule has 10 heteroatoms. The summed E-state index contributed by atoms with van der Waals surface area (Å²) in [6.45, 7) is 0. The van der Waals surface area contributed by atoms with Crippen LogP contribution in [0.1, 0.15) is 31.5 Å². The smallest absolute Gasteiger partial charge is 0.354 e. The molecule has 9 nitrogen and oxygen atoms in total. The largest absolute Gasteiger partial charge is 0.477 e. The monoisotopic (exact) mass is 428 g/mol. The number of carboxylic acid groups (broad SMARTS) is 3.